The molecule has 102 valence electrons. The first-order chi connectivity index (χ1) is 9.61. The molecular weight excluding hydrogens is 264 g/mol. The van der Waals surface area contributed by atoms with Crippen molar-refractivity contribution in [1.82, 2.24) is 15.1 Å². The summed E-state index contributed by atoms with van der Waals surface area (Å²) in [6, 6.07) is 4.74. The molecule has 0 aliphatic rings. The Hall–Kier alpha value is -2.90. The van der Waals surface area contributed by atoms with Crippen molar-refractivity contribution in [2.75, 3.05) is 5.32 Å². The average Bonchev–Trinajstić information content (AvgIpc) is 3.00. The predicted octanol–water partition coefficient (Wildman–Crippen LogP) is 1.83. The van der Waals surface area contributed by atoms with Crippen LogP contribution in [0.5, 0.6) is 0 Å². The zero-order valence-corrected chi connectivity index (χ0v) is 10.5. The third kappa shape index (κ3) is 2.30. The van der Waals surface area contributed by atoms with Crippen LogP contribution >= 0.6 is 0 Å². The van der Waals surface area contributed by atoms with E-state index in [9.17, 15) is 4.79 Å². The number of aromatic carboxylic acids is 1. The molecule has 0 radical (unpaired) electrons. The average molecular weight is 274 g/mol. The smallest absolute Gasteiger partial charge is 0.335 e. The molecule has 0 saturated carbocycles. The molecule has 3 rings (SSSR count). The van der Waals surface area contributed by atoms with Gasteiger partial charge in [-0.1, -0.05) is 5.16 Å². The Labute approximate surface area is 112 Å². The van der Waals surface area contributed by atoms with Gasteiger partial charge in [-0.3, -0.25) is 0 Å². The summed E-state index contributed by atoms with van der Waals surface area (Å²) in [6.07, 6.45) is 0. The van der Waals surface area contributed by atoms with Crippen molar-refractivity contribution >= 4 is 23.1 Å². The fourth-order valence-electron chi connectivity index (χ4n) is 1.70. The molecule has 20 heavy (non-hydrogen) atoms. The SMILES string of the molecule is Cc1noc(CNc2nc3ccc(C(=O)O)cc3o2)n1. The lowest BCUT2D eigenvalue weighted by atomic mass is 10.2. The molecular formula is C12H10N4O4. The number of anilines is 1. The first-order valence-electron chi connectivity index (χ1n) is 5.79. The summed E-state index contributed by atoms with van der Waals surface area (Å²) in [5.74, 6) is -0.0550. The Balaban J connectivity index is 1.80. The van der Waals surface area contributed by atoms with E-state index < -0.39 is 5.97 Å². The minimum atomic E-state index is -1.01. The van der Waals surface area contributed by atoms with Crippen LogP contribution in [0.3, 0.4) is 0 Å². The maximum absolute atomic E-state index is 10.9. The van der Waals surface area contributed by atoms with Crippen LogP contribution in [0.15, 0.2) is 27.1 Å². The second-order valence-electron chi connectivity index (χ2n) is 4.10. The van der Waals surface area contributed by atoms with Gasteiger partial charge in [0.2, 0.25) is 5.89 Å². The molecule has 0 unspecified atom stereocenters. The topological polar surface area (TPSA) is 114 Å². The van der Waals surface area contributed by atoms with Gasteiger partial charge in [-0.05, 0) is 25.1 Å². The number of carboxylic acid groups (broad SMARTS) is 1. The molecule has 2 aromatic heterocycles. The van der Waals surface area contributed by atoms with Crippen LogP contribution in [0.4, 0.5) is 6.01 Å². The quantitative estimate of drug-likeness (QED) is 0.740. The summed E-state index contributed by atoms with van der Waals surface area (Å²) >= 11 is 0. The Kier molecular flexibility index (Phi) is 2.82. The summed E-state index contributed by atoms with van der Waals surface area (Å²) in [5, 5.41) is 15.5. The van der Waals surface area contributed by atoms with Crippen LogP contribution in [0, 0.1) is 6.92 Å². The number of benzene rings is 1. The summed E-state index contributed by atoms with van der Waals surface area (Å²) in [4.78, 5) is 19.1. The van der Waals surface area contributed by atoms with E-state index >= 15 is 0 Å². The zero-order valence-electron chi connectivity index (χ0n) is 10.5. The van der Waals surface area contributed by atoms with Crippen molar-refractivity contribution in [2.45, 2.75) is 13.5 Å². The maximum Gasteiger partial charge on any atom is 0.335 e. The van der Waals surface area contributed by atoms with Gasteiger partial charge in [0.15, 0.2) is 11.4 Å². The normalized spacial score (nSPS) is 10.8. The van der Waals surface area contributed by atoms with Gasteiger partial charge in [-0.15, -0.1) is 0 Å². The van der Waals surface area contributed by atoms with E-state index in [4.69, 9.17) is 14.0 Å². The predicted molar refractivity (Wildman–Crippen MR) is 67.3 cm³/mol. The lowest BCUT2D eigenvalue weighted by molar-refractivity contribution is 0.0697. The lowest BCUT2D eigenvalue weighted by Crippen LogP contribution is -1.99. The third-order valence-electron chi connectivity index (χ3n) is 2.60. The van der Waals surface area contributed by atoms with Crippen molar-refractivity contribution in [3.8, 4) is 0 Å². The van der Waals surface area contributed by atoms with Gasteiger partial charge in [0, 0.05) is 0 Å². The molecule has 8 nitrogen and oxygen atoms in total. The number of hydrogen-bond donors (Lipinski definition) is 2. The molecule has 8 heteroatoms. The minimum absolute atomic E-state index is 0.146. The first-order valence-corrected chi connectivity index (χ1v) is 5.79. The van der Waals surface area contributed by atoms with Crippen LogP contribution in [-0.4, -0.2) is 26.2 Å². The fraction of sp³-hybridized carbons (Fsp3) is 0.167. The minimum Gasteiger partial charge on any atom is -0.478 e. The third-order valence-corrected chi connectivity index (χ3v) is 2.60. The van der Waals surface area contributed by atoms with Crippen molar-refractivity contribution in [3.63, 3.8) is 0 Å². The molecule has 2 N–H and O–H groups in total. The zero-order chi connectivity index (χ0) is 14.1. The van der Waals surface area contributed by atoms with Gasteiger partial charge < -0.3 is 19.4 Å². The Morgan fingerprint density at radius 3 is 2.95 bits per heavy atom. The molecule has 2 heterocycles. The molecule has 0 amide bonds. The highest BCUT2D eigenvalue weighted by molar-refractivity contribution is 5.92. The van der Waals surface area contributed by atoms with Gasteiger partial charge in [-0.2, -0.15) is 9.97 Å². The van der Waals surface area contributed by atoms with E-state index in [0.29, 0.717) is 22.8 Å². The summed E-state index contributed by atoms with van der Waals surface area (Å²) < 4.78 is 10.4. The van der Waals surface area contributed by atoms with E-state index in [1.807, 2.05) is 0 Å². The van der Waals surface area contributed by atoms with E-state index in [2.05, 4.69) is 20.4 Å². The fourth-order valence-corrected chi connectivity index (χ4v) is 1.70. The summed E-state index contributed by atoms with van der Waals surface area (Å²) in [6.45, 7) is 2.00. The van der Waals surface area contributed by atoms with Crippen LogP contribution in [-0.2, 0) is 6.54 Å². The van der Waals surface area contributed by atoms with Gasteiger partial charge in [0.05, 0.1) is 12.1 Å². The van der Waals surface area contributed by atoms with Crippen molar-refractivity contribution < 1.29 is 18.8 Å². The van der Waals surface area contributed by atoms with Crippen molar-refractivity contribution in [3.05, 3.63) is 35.5 Å². The van der Waals surface area contributed by atoms with E-state index in [1.54, 1.807) is 13.0 Å². The van der Waals surface area contributed by atoms with Gasteiger partial charge >= 0.3 is 5.97 Å². The second-order valence-corrected chi connectivity index (χ2v) is 4.10. The van der Waals surface area contributed by atoms with Crippen LogP contribution in [0.1, 0.15) is 22.1 Å². The van der Waals surface area contributed by atoms with Crippen LogP contribution in [0.2, 0.25) is 0 Å². The number of aromatic nitrogens is 3. The number of nitrogens with zero attached hydrogens (tertiary/aromatic N) is 3. The Morgan fingerprint density at radius 2 is 2.25 bits per heavy atom. The number of carboxylic acids is 1. The van der Waals surface area contributed by atoms with Crippen molar-refractivity contribution in [2.24, 2.45) is 0 Å². The van der Waals surface area contributed by atoms with Crippen molar-refractivity contribution in [1.29, 1.82) is 0 Å². The molecule has 0 atom stereocenters. The largest absolute Gasteiger partial charge is 0.478 e. The highest BCUT2D eigenvalue weighted by atomic mass is 16.5. The number of hydrogen-bond acceptors (Lipinski definition) is 7. The molecule has 0 bridgehead atoms. The Bertz CT molecular complexity index is 777. The molecule has 0 aliphatic carbocycles. The molecule has 1 aromatic carbocycles. The lowest BCUT2D eigenvalue weighted by Gasteiger charge is -1.94. The van der Waals surface area contributed by atoms with E-state index in [1.165, 1.54) is 12.1 Å². The number of fused-ring (bicyclic) bond motifs is 1. The Morgan fingerprint density at radius 1 is 1.40 bits per heavy atom. The number of rotatable bonds is 4. The molecule has 0 saturated heterocycles. The standard InChI is InChI=1S/C12H10N4O4/c1-6-14-10(20-16-6)5-13-12-15-8-3-2-7(11(17)18)4-9(8)19-12/h2-4H,5H2,1H3,(H,13,15)(H,17,18). The second kappa shape index (κ2) is 4.65. The number of aryl methyl sites for hydroxylation is 1. The monoisotopic (exact) mass is 274 g/mol. The first kappa shape index (κ1) is 12.2. The van der Waals surface area contributed by atoms with Gasteiger partial charge in [-0.25, -0.2) is 4.79 Å². The molecule has 3 aromatic rings. The highest BCUT2D eigenvalue weighted by Gasteiger charge is 2.10. The molecule has 0 spiro atoms. The molecule has 0 fully saturated rings. The van der Waals surface area contributed by atoms with Crippen LogP contribution < -0.4 is 5.32 Å². The van der Waals surface area contributed by atoms with E-state index in [0.717, 1.165) is 0 Å². The molecule has 0 aliphatic heterocycles. The number of oxazole rings is 1. The highest BCUT2D eigenvalue weighted by Crippen LogP contribution is 2.20. The number of nitrogens with one attached hydrogen (secondary N) is 1. The summed E-state index contributed by atoms with van der Waals surface area (Å²) in [7, 11) is 0. The van der Waals surface area contributed by atoms with Gasteiger partial charge in [0.25, 0.3) is 6.01 Å². The summed E-state index contributed by atoms with van der Waals surface area (Å²) in [5.41, 5.74) is 1.11. The van der Waals surface area contributed by atoms with E-state index in [-0.39, 0.29) is 18.1 Å². The maximum atomic E-state index is 10.9. The van der Waals surface area contributed by atoms with Gasteiger partial charge in [0.1, 0.15) is 5.52 Å². The number of carbonyl (C=O) groups is 1. The van der Waals surface area contributed by atoms with Crippen LogP contribution in [0.25, 0.3) is 11.1 Å².